The van der Waals surface area contributed by atoms with E-state index in [1.807, 2.05) is 23.6 Å². The lowest BCUT2D eigenvalue weighted by Crippen LogP contribution is -2.28. The van der Waals surface area contributed by atoms with Crippen molar-refractivity contribution in [3.05, 3.63) is 23.6 Å². The van der Waals surface area contributed by atoms with Gasteiger partial charge >= 0.3 is 0 Å². The first-order chi connectivity index (χ1) is 12.1. The molecule has 1 aliphatic rings. The van der Waals surface area contributed by atoms with Crippen molar-refractivity contribution in [1.29, 1.82) is 0 Å². The van der Waals surface area contributed by atoms with E-state index in [9.17, 15) is 4.79 Å². The minimum atomic E-state index is -0.0180. The van der Waals surface area contributed by atoms with Crippen molar-refractivity contribution < 1.29 is 14.3 Å². The number of methoxy groups -OCH3 is 2. The molecule has 0 unspecified atom stereocenters. The third-order valence-electron chi connectivity index (χ3n) is 4.60. The van der Waals surface area contributed by atoms with Gasteiger partial charge in [-0.2, -0.15) is 0 Å². The van der Waals surface area contributed by atoms with E-state index in [2.05, 4.69) is 10.3 Å². The lowest BCUT2D eigenvalue weighted by Gasteiger charge is -2.13. The number of nitrogens with zero attached hydrogens (tertiary/aromatic N) is 1. The first-order valence-corrected chi connectivity index (χ1v) is 9.22. The highest BCUT2D eigenvalue weighted by atomic mass is 35.5. The van der Waals surface area contributed by atoms with Crippen molar-refractivity contribution in [2.45, 2.75) is 31.7 Å². The van der Waals surface area contributed by atoms with Gasteiger partial charge in [-0.3, -0.25) is 4.79 Å². The van der Waals surface area contributed by atoms with Crippen LogP contribution in [0.1, 0.15) is 25.7 Å². The largest absolute Gasteiger partial charge is 0.493 e. The van der Waals surface area contributed by atoms with E-state index in [0.717, 1.165) is 30.5 Å². The van der Waals surface area contributed by atoms with E-state index in [4.69, 9.17) is 15.2 Å². The number of halogens is 1. The Morgan fingerprint density at radius 3 is 2.73 bits per heavy atom. The van der Waals surface area contributed by atoms with Crippen LogP contribution in [0.25, 0.3) is 11.3 Å². The van der Waals surface area contributed by atoms with Crippen LogP contribution >= 0.6 is 23.7 Å². The number of carbonyl (C=O) groups is 1. The van der Waals surface area contributed by atoms with E-state index in [1.54, 1.807) is 14.2 Å². The average Bonchev–Trinajstić information content (AvgIpc) is 3.24. The number of nitrogens with one attached hydrogen (secondary N) is 1. The smallest absolute Gasteiger partial charge is 0.226 e. The van der Waals surface area contributed by atoms with Gasteiger partial charge in [0.05, 0.1) is 19.9 Å². The fourth-order valence-corrected chi connectivity index (χ4v) is 3.92. The number of rotatable bonds is 6. The first-order valence-electron chi connectivity index (χ1n) is 8.34. The summed E-state index contributed by atoms with van der Waals surface area (Å²) >= 11 is 1.41. The fraction of sp³-hybridized carbons (Fsp3) is 0.444. The molecular weight excluding hydrogens is 374 g/mol. The normalized spacial score (nSPS) is 18.9. The maximum absolute atomic E-state index is 12.2. The summed E-state index contributed by atoms with van der Waals surface area (Å²) < 4.78 is 10.6. The van der Waals surface area contributed by atoms with Gasteiger partial charge in [-0.25, -0.2) is 4.98 Å². The zero-order valence-corrected chi connectivity index (χ0v) is 16.5. The molecule has 1 aromatic carbocycles. The van der Waals surface area contributed by atoms with Crippen molar-refractivity contribution in [3.63, 3.8) is 0 Å². The van der Waals surface area contributed by atoms with Gasteiger partial charge in [0.25, 0.3) is 0 Å². The maximum atomic E-state index is 12.2. The summed E-state index contributed by atoms with van der Waals surface area (Å²) in [7, 11) is 3.20. The number of carbonyl (C=O) groups excluding carboxylic acids is 1. The van der Waals surface area contributed by atoms with Crippen molar-refractivity contribution in [3.8, 4) is 22.8 Å². The molecule has 8 heteroatoms. The second-order valence-corrected chi connectivity index (χ2v) is 7.07. The van der Waals surface area contributed by atoms with Crippen molar-refractivity contribution in [2.75, 3.05) is 19.5 Å². The Kier molecular flexibility index (Phi) is 7.25. The SMILES string of the molecule is COc1ccc(-c2csc(NC(=O)C[C@@H]3CCC[C@H]3N)n2)cc1OC.Cl. The molecule has 6 nitrogen and oxygen atoms in total. The van der Waals surface area contributed by atoms with Crippen molar-refractivity contribution >= 4 is 34.8 Å². The zero-order valence-electron chi connectivity index (χ0n) is 14.9. The Morgan fingerprint density at radius 1 is 1.31 bits per heavy atom. The van der Waals surface area contributed by atoms with Gasteiger partial charge in [-0.15, -0.1) is 23.7 Å². The van der Waals surface area contributed by atoms with Gasteiger partial charge in [0.1, 0.15) is 0 Å². The molecule has 0 bridgehead atoms. The Balaban J connectivity index is 0.00000243. The minimum absolute atomic E-state index is 0. The molecule has 1 saturated carbocycles. The lowest BCUT2D eigenvalue weighted by molar-refractivity contribution is -0.117. The fourth-order valence-electron chi connectivity index (χ4n) is 3.19. The van der Waals surface area contributed by atoms with Crippen LogP contribution in [-0.4, -0.2) is 31.2 Å². The van der Waals surface area contributed by atoms with Crippen LogP contribution < -0.4 is 20.5 Å². The molecule has 0 spiro atoms. The highest BCUT2D eigenvalue weighted by Gasteiger charge is 2.26. The van der Waals surface area contributed by atoms with E-state index in [-0.39, 0.29) is 30.3 Å². The van der Waals surface area contributed by atoms with Gasteiger partial charge < -0.3 is 20.5 Å². The molecule has 0 saturated heterocycles. The van der Waals surface area contributed by atoms with Gasteiger partial charge in [0.2, 0.25) is 5.91 Å². The predicted molar refractivity (Wildman–Crippen MR) is 106 cm³/mol. The molecule has 142 valence electrons. The monoisotopic (exact) mass is 397 g/mol. The molecule has 3 N–H and O–H groups in total. The van der Waals surface area contributed by atoms with Crippen LogP contribution in [0.2, 0.25) is 0 Å². The number of ether oxygens (including phenoxy) is 2. The predicted octanol–water partition coefficient (Wildman–Crippen LogP) is 3.71. The second-order valence-electron chi connectivity index (χ2n) is 6.21. The van der Waals surface area contributed by atoms with E-state index in [1.165, 1.54) is 11.3 Å². The highest BCUT2D eigenvalue weighted by Crippen LogP contribution is 2.33. The number of benzene rings is 1. The number of amides is 1. The van der Waals surface area contributed by atoms with Crippen LogP contribution in [0, 0.1) is 5.92 Å². The molecule has 2 atom stereocenters. The molecule has 1 aliphatic carbocycles. The summed E-state index contributed by atoms with van der Waals surface area (Å²) in [6.45, 7) is 0. The second kappa shape index (κ2) is 9.21. The Hall–Kier alpha value is -1.83. The van der Waals surface area contributed by atoms with Gasteiger partial charge in [-0.05, 0) is 37.0 Å². The molecule has 3 rings (SSSR count). The number of aromatic nitrogens is 1. The zero-order chi connectivity index (χ0) is 17.8. The van der Waals surface area contributed by atoms with Crippen LogP contribution in [0.3, 0.4) is 0 Å². The molecule has 0 aliphatic heterocycles. The summed E-state index contributed by atoms with van der Waals surface area (Å²) in [5.74, 6) is 1.58. The minimum Gasteiger partial charge on any atom is -0.493 e. The van der Waals surface area contributed by atoms with E-state index >= 15 is 0 Å². The molecule has 2 aromatic rings. The van der Waals surface area contributed by atoms with E-state index in [0.29, 0.717) is 23.1 Å². The lowest BCUT2D eigenvalue weighted by atomic mass is 10.00. The quantitative estimate of drug-likeness (QED) is 0.775. The molecule has 0 radical (unpaired) electrons. The third kappa shape index (κ3) is 4.66. The van der Waals surface area contributed by atoms with Crippen LogP contribution in [0.15, 0.2) is 23.6 Å². The Morgan fingerprint density at radius 2 is 2.08 bits per heavy atom. The van der Waals surface area contributed by atoms with Gasteiger partial charge in [0, 0.05) is 23.4 Å². The molecule has 1 fully saturated rings. The molecule has 1 aromatic heterocycles. The maximum Gasteiger partial charge on any atom is 0.226 e. The molecular formula is C18H24ClN3O3S. The number of hydrogen-bond acceptors (Lipinski definition) is 6. The summed E-state index contributed by atoms with van der Waals surface area (Å²) in [6.07, 6.45) is 3.62. The molecule has 1 heterocycles. The Labute approximate surface area is 163 Å². The van der Waals surface area contributed by atoms with Crippen LogP contribution in [-0.2, 0) is 4.79 Å². The molecule has 1 amide bonds. The highest BCUT2D eigenvalue weighted by molar-refractivity contribution is 7.14. The topological polar surface area (TPSA) is 86.5 Å². The van der Waals surface area contributed by atoms with Gasteiger partial charge in [-0.1, -0.05) is 6.42 Å². The summed E-state index contributed by atoms with van der Waals surface area (Å²) in [4.78, 5) is 16.7. The van der Waals surface area contributed by atoms with Crippen LogP contribution in [0.4, 0.5) is 5.13 Å². The number of hydrogen-bond donors (Lipinski definition) is 2. The van der Waals surface area contributed by atoms with E-state index < -0.39 is 0 Å². The van der Waals surface area contributed by atoms with Crippen LogP contribution in [0.5, 0.6) is 11.5 Å². The number of nitrogens with two attached hydrogens (primary N) is 1. The third-order valence-corrected chi connectivity index (χ3v) is 5.35. The van der Waals surface area contributed by atoms with Crippen molar-refractivity contribution in [2.24, 2.45) is 11.7 Å². The summed E-state index contributed by atoms with van der Waals surface area (Å²) in [5, 5.41) is 5.40. The summed E-state index contributed by atoms with van der Waals surface area (Å²) in [5.41, 5.74) is 7.74. The standard InChI is InChI=1S/C18H23N3O3S.ClH/c1-23-15-7-6-12(8-16(15)24-2)14-10-25-18(20-14)21-17(22)9-11-4-3-5-13(11)19;/h6-8,10-11,13H,3-5,9,19H2,1-2H3,(H,20,21,22);1H/t11-,13+;/m0./s1. The van der Waals surface area contributed by atoms with Crippen molar-refractivity contribution in [1.82, 2.24) is 4.98 Å². The first kappa shape index (κ1) is 20.5. The molecule has 26 heavy (non-hydrogen) atoms. The van der Waals surface area contributed by atoms with Gasteiger partial charge in [0.15, 0.2) is 16.6 Å². The Bertz CT molecular complexity index is 753. The number of anilines is 1. The number of thiazole rings is 1. The average molecular weight is 398 g/mol. The summed E-state index contributed by atoms with van der Waals surface area (Å²) in [6, 6.07) is 5.77.